The number of methoxy groups -OCH3 is 2. The van der Waals surface area contributed by atoms with Crippen LogP contribution in [0.15, 0.2) is 63.5 Å². The molecule has 9 heteroatoms. The molecule has 0 radical (unpaired) electrons. The van der Waals surface area contributed by atoms with Crippen LogP contribution in [0.1, 0.15) is 37.9 Å². The third kappa shape index (κ3) is 4.66. The molecule has 0 N–H and O–H groups in total. The van der Waals surface area contributed by atoms with E-state index in [2.05, 4.69) is 4.99 Å². The largest absolute Gasteiger partial charge is 0.497 e. The number of carbonyl (C=O) groups excluding carboxylic acids is 1. The van der Waals surface area contributed by atoms with Gasteiger partial charge in [0.2, 0.25) is 0 Å². The summed E-state index contributed by atoms with van der Waals surface area (Å²) in [6.07, 6.45) is 1.80. The Morgan fingerprint density at radius 2 is 1.83 bits per heavy atom. The van der Waals surface area contributed by atoms with Crippen molar-refractivity contribution in [2.45, 2.75) is 26.8 Å². The lowest BCUT2D eigenvalue weighted by Gasteiger charge is -2.26. The Balaban J connectivity index is 1.99. The maximum atomic E-state index is 13.8. The van der Waals surface area contributed by atoms with Gasteiger partial charge in [-0.15, -0.1) is 0 Å². The highest BCUT2D eigenvalue weighted by molar-refractivity contribution is 7.07. The molecule has 1 aromatic heterocycles. The van der Waals surface area contributed by atoms with E-state index >= 15 is 0 Å². The fraction of sp³-hybridized carbons (Fsp3) is 0.296. The third-order valence-electron chi connectivity index (χ3n) is 5.74. The van der Waals surface area contributed by atoms with Crippen molar-refractivity contribution in [2.75, 3.05) is 27.4 Å². The molecule has 0 saturated carbocycles. The molecule has 3 aromatic rings. The second-order valence-electron chi connectivity index (χ2n) is 7.89. The highest BCUT2D eigenvalue weighted by atomic mass is 32.1. The summed E-state index contributed by atoms with van der Waals surface area (Å²) < 4.78 is 24.1. The molecule has 36 heavy (non-hydrogen) atoms. The van der Waals surface area contributed by atoms with Gasteiger partial charge in [0.1, 0.15) is 11.8 Å². The Bertz CT molecular complexity index is 1480. The van der Waals surface area contributed by atoms with Gasteiger partial charge in [0, 0.05) is 5.56 Å². The summed E-state index contributed by atoms with van der Waals surface area (Å²) in [4.78, 5) is 32.1. The summed E-state index contributed by atoms with van der Waals surface area (Å²) in [6.45, 7) is 5.93. The maximum absolute atomic E-state index is 13.8. The summed E-state index contributed by atoms with van der Waals surface area (Å²) in [5.74, 6) is 1.17. The number of para-hydroxylation sites is 1. The molecule has 0 aliphatic carbocycles. The van der Waals surface area contributed by atoms with Crippen LogP contribution in [0.5, 0.6) is 17.2 Å². The van der Waals surface area contributed by atoms with Gasteiger partial charge in [0.15, 0.2) is 16.3 Å². The highest BCUT2D eigenvalue weighted by Gasteiger charge is 2.35. The molecule has 4 rings (SSSR count). The van der Waals surface area contributed by atoms with Crippen molar-refractivity contribution in [3.05, 3.63) is 84.5 Å². The number of ether oxygens (including phenoxy) is 4. The SMILES string of the molecule is CCOC(=O)C1=C(C)N=c2s/c(=C/c3ccc(OC)cc3)c(=O)n2[C@H]1c1cccc(OC)c1OCC. The summed E-state index contributed by atoms with van der Waals surface area (Å²) in [6, 6.07) is 12.0. The predicted octanol–water partition coefficient (Wildman–Crippen LogP) is 3.21. The molecule has 1 atom stereocenters. The van der Waals surface area contributed by atoms with Gasteiger partial charge in [-0.25, -0.2) is 9.79 Å². The van der Waals surface area contributed by atoms with E-state index in [-0.39, 0.29) is 17.7 Å². The predicted molar refractivity (Wildman–Crippen MR) is 138 cm³/mol. The highest BCUT2D eigenvalue weighted by Crippen LogP contribution is 2.40. The van der Waals surface area contributed by atoms with Gasteiger partial charge in [-0.3, -0.25) is 9.36 Å². The number of allylic oxidation sites excluding steroid dienone is 1. The number of esters is 1. The Labute approximate surface area is 212 Å². The van der Waals surface area contributed by atoms with E-state index in [4.69, 9.17) is 18.9 Å². The molecule has 2 heterocycles. The molecule has 0 fully saturated rings. The van der Waals surface area contributed by atoms with Crippen LogP contribution in [0.25, 0.3) is 6.08 Å². The van der Waals surface area contributed by atoms with E-state index in [1.54, 1.807) is 40.2 Å². The Hall–Kier alpha value is -3.85. The van der Waals surface area contributed by atoms with E-state index in [9.17, 15) is 9.59 Å². The van der Waals surface area contributed by atoms with Crippen molar-refractivity contribution in [1.29, 1.82) is 0 Å². The lowest BCUT2D eigenvalue weighted by Crippen LogP contribution is -2.40. The first-order valence-corrected chi connectivity index (χ1v) is 12.4. The molecule has 0 bridgehead atoms. The average molecular weight is 509 g/mol. The number of nitrogens with zero attached hydrogens (tertiary/aromatic N) is 2. The van der Waals surface area contributed by atoms with Gasteiger partial charge >= 0.3 is 5.97 Å². The fourth-order valence-corrected chi connectivity index (χ4v) is 5.19. The van der Waals surface area contributed by atoms with Crippen LogP contribution in [0.3, 0.4) is 0 Å². The minimum atomic E-state index is -0.796. The van der Waals surface area contributed by atoms with Crippen LogP contribution in [0, 0.1) is 0 Å². The summed E-state index contributed by atoms with van der Waals surface area (Å²) in [7, 11) is 3.15. The monoisotopic (exact) mass is 508 g/mol. The number of fused-ring (bicyclic) bond motifs is 1. The Morgan fingerprint density at radius 1 is 1.08 bits per heavy atom. The topological polar surface area (TPSA) is 88.4 Å². The molecule has 0 spiro atoms. The zero-order valence-corrected chi connectivity index (χ0v) is 21.7. The molecule has 0 amide bonds. The second kappa shape index (κ2) is 10.8. The molecule has 0 saturated heterocycles. The first-order valence-electron chi connectivity index (χ1n) is 11.6. The summed E-state index contributed by atoms with van der Waals surface area (Å²) in [5, 5.41) is 0. The Kier molecular flexibility index (Phi) is 7.59. The summed E-state index contributed by atoms with van der Waals surface area (Å²) in [5.41, 5.74) is 1.97. The quantitative estimate of drug-likeness (QED) is 0.434. The van der Waals surface area contributed by atoms with E-state index in [1.165, 1.54) is 15.9 Å². The van der Waals surface area contributed by atoms with E-state index in [1.807, 2.05) is 43.3 Å². The molecule has 8 nitrogen and oxygen atoms in total. The average Bonchev–Trinajstić information content (AvgIpc) is 3.18. The standard InChI is InChI=1S/C27H28N2O6S/c1-6-34-24-19(9-8-10-20(24)33-5)23-22(26(31)35-7-2)16(3)28-27-29(23)25(30)21(36-27)15-17-11-13-18(32-4)14-12-17/h8-15,23H,6-7H2,1-5H3/b21-15+/t23-/m0/s1. The maximum Gasteiger partial charge on any atom is 0.338 e. The number of rotatable bonds is 8. The molecule has 1 aliphatic rings. The van der Waals surface area contributed by atoms with Gasteiger partial charge in [0.25, 0.3) is 5.56 Å². The Morgan fingerprint density at radius 3 is 2.47 bits per heavy atom. The minimum absolute atomic E-state index is 0.195. The zero-order chi connectivity index (χ0) is 25.8. The number of hydrogen-bond acceptors (Lipinski definition) is 8. The van der Waals surface area contributed by atoms with Crippen LogP contribution >= 0.6 is 11.3 Å². The van der Waals surface area contributed by atoms with Gasteiger partial charge in [-0.1, -0.05) is 35.6 Å². The molecular weight excluding hydrogens is 480 g/mol. The van der Waals surface area contributed by atoms with Crippen molar-refractivity contribution in [3.63, 3.8) is 0 Å². The molecule has 0 unspecified atom stereocenters. The molecule has 2 aromatic carbocycles. The molecule has 1 aliphatic heterocycles. The van der Waals surface area contributed by atoms with Crippen LogP contribution in [0.2, 0.25) is 0 Å². The summed E-state index contributed by atoms with van der Waals surface area (Å²) >= 11 is 1.26. The second-order valence-corrected chi connectivity index (χ2v) is 8.90. The van der Waals surface area contributed by atoms with Crippen molar-refractivity contribution in [2.24, 2.45) is 4.99 Å². The number of thiazole rings is 1. The minimum Gasteiger partial charge on any atom is -0.497 e. The number of benzene rings is 2. The van der Waals surface area contributed by atoms with Crippen molar-refractivity contribution >= 4 is 23.4 Å². The number of hydrogen-bond donors (Lipinski definition) is 0. The smallest absolute Gasteiger partial charge is 0.338 e. The van der Waals surface area contributed by atoms with Gasteiger partial charge in [0.05, 0.1) is 43.2 Å². The van der Waals surface area contributed by atoms with Crippen LogP contribution in [-0.2, 0) is 9.53 Å². The van der Waals surface area contributed by atoms with E-state index in [0.717, 1.165) is 11.3 Å². The zero-order valence-electron chi connectivity index (χ0n) is 20.9. The van der Waals surface area contributed by atoms with E-state index in [0.29, 0.717) is 38.7 Å². The number of aromatic nitrogens is 1. The van der Waals surface area contributed by atoms with Crippen LogP contribution in [-0.4, -0.2) is 38.0 Å². The van der Waals surface area contributed by atoms with Gasteiger partial charge < -0.3 is 18.9 Å². The first-order chi connectivity index (χ1) is 17.4. The normalized spacial score (nSPS) is 15.2. The lowest BCUT2D eigenvalue weighted by molar-refractivity contribution is -0.139. The van der Waals surface area contributed by atoms with Crippen LogP contribution in [0.4, 0.5) is 0 Å². The van der Waals surface area contributed by atoms with Crippen molar-refractivity contribution in [3.8, 4) is 17.2 Å². The first kappa shape index (κ1) is 25.2. The fourth-order valence-electron chi connectivity index (χ4n) is 4.14. The van der Waals surface area contributed by atoms with Gasteiger partial charge in [-0.05, 0) is 50.6 Å². The third-order valence-corrected chi connectivity index (χ3v) is 6.73. The molecular formula is C27H28N2O6S. The number of carbonyl (C=O) groups is 1. The molecule has 188 valence electrons. The van der Waals surface area contributed by atoms with Crippen LogP contribution < -0.4 is 29.1 Å². The van der Waals surface area contributed by atoms with Crippen molar-refractivity contribution < 1.29 is 23.7 Å². The van der Waals surface area contributed by atoms with Gasteiger partial charge in [-0.2, -0.15) is 0 Å². The van der Waals surface area contributed by atoms with E-state index < -0.39 is 12.0 Å². The van der Waals surface area contributed by atoms with Crippen molar-refractivity contribution in [1.82, 2.24) is 4.57 Å². The lowest BCUT2D eigenvalue weighted by atomic mass is 9.94.